The third-order valence-electron chi connectivity index (χ3n) is 4.14. The summed E-state index contributed by atoms with van der Waals surface area (Å²) < 4.78 is 12.5. The van der Waals surface area contributed by atoms with Crippen molar-refractivity contribution in [2.75, 3.05) is 25.6 Å². The van der Waals surface area contributed by atoms with Crippen LogP contribution in [0.4, 0.5) is 10.5 Å². The molecule has 0 spiro atoms. The Morgan fingerprint density at radius 2 is 1.90 bits per heavy atom. The maximum absolute atomic E-state index is 12.7. The molecule has 162 valence electrons. The average molecular weight is 570 g/mol. The van der Waals surface area contributed by atoms with Crippen LogP contribution in [-0.4, -0.2) is 42.2 Å². The predicted octanol–water partition coefficient (Wildman–Crippen LogP) is 5.29. The Bertz CT molecular complexity index is 1060. The van der Waals surface area contributed by atoms with Gasteiger partial charge in [-0.25, -0.2) is 0 Å². The number of carbonyl (C=O) groups excluding carboxylic acids is 3. The van der Waals surface area contributed by atoms with Gasteiger partial charge in [-0.05, 0) is 82.7 Å². The van der Waals surface area contributed by atoms with Gasteiger partial charge >= 0.3 is 0 Å². The van der Waals surface area contributed by atoms with Gasteiger partial charge in [0.15, 0.2) is 11.5 Å². The zero-order chi connectivity index (χ0) is 22.5. The summed E-state index contributed by atoms with van der Waals surface area (Å²) in [7, 11) is 1.53. The molecule has 0 atom stereocenters. The van der Waals surface area contributed by atoms with E-state index in [1.54, 1.807) is 42.5 Å². The molecule has 0 radical (unpaired) electrons. The Labute approximate surface area is 200 Å². The predicted molar refractivity (Wildman–Crippen MR) is 127 cm³/mol. The summed E-state index contributed by atoms with van der Waals surface area (Å²) in [4.78, 5) is 38.5. The van der Waals surface area contributed by atoms with E-state index in [4.69, 9.17) is 9.47 Å². The van der Waals surface area contributed by atoms with Crippen molar-refractivity contribution in [3.8, 4) is 11.5 Å². The first-order chi connectivity index (χ1) is 14.8. The van der Waals surface area contributed by atoms with Crippen molar-refractivity contribution in [3.05, 3.63) is 55.8 Å². The fourth-order valence-corrected chi connectivity index (χ4v) is 4.52. The number of amides is 3. The van der Waals surface area contributed by atoms with Gasteiger partial charge in [-0.1, -0.05) is 15.9 Å². The lowest BCUT2D eigenvalue weighted by atomic mass is 10.2. The fourth-order valence-electron chi connectivity index (χ4n) is 2.80. The maximum atomic E-state index is 12.7. The van der Waals surface area contributed by atoms with Crippen molar-refractivity contribution in [1.82, 2.24) is 4.90 Å². The number of hydrogen-bond acceptors (Lipinski definition) is 6. The molecule has 0 bridgehead atoms. The summed E-state index contributed by atoms with van der Waals surface area (Å²) in [6.45, 7) is 1.93. The number of carbonyl (C=O) groups is 3. The second-order valence-corrected chi connectivity index (χ2v) is 9.05. The minimum atomic E-state index is -0.522. The molecule has 10 heteroatoms. The summed E-state index contributed by atoms with van der Waals surface area (Å²) in [6.07, 6.45) is 1.59. The lowest BCUT2D eigenvalue weighted by Gasteiger charge is -2.13. The maximum Gasteiger partial charge on any atom is 0.294 e. The number of benzene rings is 2. The first-order valence-electron chi connectivity index (χ1n) is 9.13. The number of halogens is 2. The average Bonchev–Trinajstić information content (AvgIpc) is 2.97. The number of rotatable bonds is 7. The van der Waals surface area contributed by atoms with E-state index in [1.807, 2.05) is 6.92 Å². The molecule has 3 amide bonds. The van der Waals surface area contributed by atoms with E-state index in [0.29, 0.717) is 33.8 Å². The standard InChI is InChI=1S/C21H18Br2N2O5S/c1-3-30-16-9-12(8-15(23)19(16)29-2)10-17-20(27)25(21(28)31-17)11-18(26)24-14-6-4-13(22)5-7-14/h4-10H,3,11H2,1-2H3,(H,24,26)/b17-10+. The molecule has 2 aromatic rings. The molecule has 1 heterocycles. The number of imide groups is 1. The van der Waals surface area contributed by atoms with Crippen molar-refractivity contribution in [1.29, 1.82) is 0 Å². The third-order valence-corrected chi connectivity index (χ3v) is 6.16. The number of anilines is 1. The Morgan fingerprint density at radius 3 is 2.55 bits per heavy atom. The molecule has 3 rings (SSSR count). The number of thioether (sulfide) groups is 1. The van der Waals surface area contributed by atoms with Crippen molar-refractivity contribution in [2.24, 2.45) is 0 Å². The molecule has 2 aromatic carbocycles. The highest BCUT2D eigenvalue weighted by Crippen LogP contribution is 2.39. The Hall–Kier alpha value is -2.30. The summed E-state index contributed by atoms with van der Waals surface area (Å²) in [5, 5.41) is 2.17. The molecule has 1 aliphatic heterocycles. The van der Waals surface area contributed by atoms with Crippen molar-refractivity contribution < 1.29 is 23.9 Å². The third kappa shape index (κ3) is 5.69. The van der Waals surface area contributed by atoms with Crippen LogP contribution in [0.2, 0.25) is 0 Å². The number of hydrogen-bond donors (Lipinski definition) is 1. The van der Waals surface area contributed by atoms with Gasteiger partial charge in [0.05, 0.1) is 23.1 Å². The van der Waals surface area contributed by atoms with Crippen LogP contribution >= 0.6 is 43.6 Å². The van der Waals surface area contributed by atoms with E-state index in [9.17, 15) is 14.4 Å². The molecule has 1 N–H and O–H groups in total. The van der Waals surface area contributed by atoms with E-state index in [-0.39, 0.29) is 11.4 Å². The number of methoxy groups -OCH3 is 1. The molecule has 0 saturated carbocycles. The zero-order valence-corrected chi connectivity index (χ0v) is 20.6. The molecule has 1 saturated heterocycles. The summed E-state index contributed by atoms with van der Waals surface area (Å²) >= 11 is 7.53. The second kappa shape index (κ2) is 10.3. The normalized spacial score (nSPS) is 14.8. The SMILES string of the molecule is CCOc1cc(/C=C2/SC(=O)N(CC(=O)Nc3ccc(Br)cc3)C2=O)cc(Br)c1OC. The molecular formula is C21H18Br2N2O5S. The highest BCUT2D eigenvalue weighted by Gasteiger charge is 2.36. The first kappa shape index (κ1) is 23.4. The quantitative estimate of drug-likeness (QED) is 0.456. The van der Waals surface area contributed by atoms with Gasteiger partial charge in [0.2, 0.25) is 5.91 Å². The van der Waals surface area contributed by atoms with Gasteiger partial charge < -0.3 is 14.8 Å². The lowest BCUT2D eigenvalue weighted by molar-refractivity contribution is -0.127. The van der Waals surface area contributed by atoms with Crippen LogP contribution in [0.5, 0.6) is 11.5 Å². The molecule has 1 aliphatic rings. The molecule has 0 aliphatic carbocycles. The van der Waals surface area contributed by atoms with E-state index in [1.165, 1.54) is 7.11 Å². The minimum Gasteiger partial charge on any atom is -0.492 e. The second-order valence-electron chi connectivity index (χ2n) is 6.29. The van der Waals surface area contributed by atoms with Crippen LogP contribution in [0.3, 0.4) is 0 Å². The molecule has 7 nitrogen and oxygen atoms in total. The van der Waals surface area contributed by atoms with E-state index in [0.717, 1.165) is 21.1 Å². The molecule has 1 fully saturated rings. The van der Waals surface area contributed by atoms with Gasteiger partial charge in [-0.2, -0.15) is 0 Å². The lowest BCUT2D eigenvalue weighted by Crippen LogP contribution is -2.36. The van der Waals surface area contributed by atoms with Crippen LogP contribution in [0, 0.1) is 0 Å². The summed E-state index contributed by atoms with van der Waals surface area (Å²) in [5.41, 5.74) is 1.23. The molecule has 0 unspecified atom stereocenters. The summed E-state index contributed by atoms with van der Waals surface area (Å²) in [5.74, 6) is 0.0676. The zero-order valence-electron chi connectivity index (χ0n) is 16.6. The monoisotopic (exact) mass is 568 g/mol. The number of nitrogens with one attached hydrogen (secondary N) is 1. The van der Waals surface area contributed by atoms with Gasteiger partial charge in [0.1, 0.15) is 6.54 Å². The molecule has 31 heavy (non-hydrogen) atoms. The first-order valence-corrected chi connectivity index (χ1v) is 11.5. The highest BCUT2D eigenvalue weighted by molar-refractivity contribution is 9.10. The fraction of sp³-hybridized carbons (Fsp3) is 0.190. The topological polar surface area (TPSA) is 84.9 Å². The van der Waals surface area contributed by atoms with E-state index in [2.05, 4.69) is 37.2 Å². The van der Waals surface area contributed by atoms with Crippen LogP contribution < -0.4 is 14.8 Å². The minimum absolute atomic E-state index is 0.223. The van der Waals surface area contributed by atoms with Crippen LogP contribution in [0.25, 0.3) is 6.08 Å². The van der Waals surface area contributed by atoms with Crippen LogP contribution in [0.1, 0.15) is 12.5 Å². The molecule has 0 aromatic heterocycles. The van der Waals surface area contributed by atoms with Crippen LogP contribution in [-0.2, 0) is 9.59 Å². The Morgan fingerprint density at radius 1 is 1.19 bits per heavy atom. The number of ether oxygens (including phenoxy) is 2. The van der Waals surface area contributed by atoms with Gasteiger partial charge in [0.25, 0.3) is 11.1 Å². The van der Waals surface area contributed by atoms with E-state index >= 15 is 0 Å². The van der Waals surface area contributed by atoms with Crippen LogP contribution in [0.15, 0.2) is 50.2 Å². The smallest absolute Gasteiger partial charge is 0.294 e. The van der Waals surface area contributed by atoms with Gasteiger partial charge in [0, 0.05) is 10.2 Å². The summed E-state index contributed by atoms with van der Waals surface area (Å²) in [6, 6.07) is 10.5. The molecular weight excluding hydrogens is 552 g/mol. The largest absolute Gasteiger partial charge is 0.492 e. The van der Waals surface area contributed by atoms with Gasteiger partial charge in [-0.15, -0.1) is 0 Å². The Balaban J connectivity index is 1.75. The Kier molecular flexibility index (Phi) is 7.79. The van der Waals surface area contributed by atoms with Gasteiger partial charge in [-0.3, -0.25) is 19.3 Å². The van der Waals surface area contributed by atoms with E-state index < -0.39 is 17.1 Å². The number of nitrogens with zero attached hydrogens (tertiary/aromatic N) is 1. The highest BCUT2D eigenvalue weighted by atomic mass is 79.9. The van der Waals surface area contributed by atoms with Crippen molar-refractivity contribution >= 4 is 72.4 Å². The van der Waals surface area contributed by atoms with Crippen molar-refractivity contribution in [3.63, 3.8) is 0 Å². The van der Waals surface area contributed by atoms with Crippen molar-refractivity contribution in [2.45, 2.75) is 6.92 Å².